The monoisotopic (exact) mass is 290 g/mol. The van der Waals surface area contributed by atoms with Crippen molar-refractivity contribution in [1.29, 1.82) is 0 Å². The Morgan fingerprint density at radius 1 is 1.57 bits per heavy atom. The fraction of sp³-hybridized carbons (Fsp3) is 0.625. The van der Waals surface area contributed by atoms with Gasteiger partial charge >= 0.3 is 0 Å². The van der Waals surface area contributed by atoms with Gasteiger partial charge < -0.3 is 16.0 Å². The highest BCUT2D eigenvalue weighted by Gasteiger charge is 2.22. The van der Waals surface area contributed by atoms with Crippen molar-refractivity contribution in [3.63, 3.8) is 0 Å². The average molecular weight is 290 g/mol. The molecule has 1 fully saturated rings. The zero-order valence-electron chi connectivity index (χ0n) is 13.1. The Hall–Kier alpha value is -1.62. The molecule has 0 aliphatic carbocycles. The van der Waals surface area contributed by atoms with Gasteiger partial charge in [0.2, 0.25) is 0 Å². The zero-order valence-corrected chi connectivity index (χ0v) is 13.1. The van der Waals surface area contributed by atoms with Gasteiger partial charge in [-0.1, -0.05) is 6.92 Å². The van der Waals surface area contributed by atoms with Crippen molar-refractivity contribution in [2.24, 2.45) is 11.7 Å². The summed E-state index contributed by atoms with van der Waals surface area (Å²) in [7, 11) is 0. The van der Waals surface area contributed by atoms with Crippen molar-refractivity contribution in [3.05, 3.63) is 23.4 Å². The van der Waals surface area contributed by atoms with Gasteiger partial charge in [-0.3, -0.25) is 4.79 Å². The molecule has 0 aromatic carbocycles. The van der Waals surface area contributed by atoms with Crippen molar-refractivity contribution < 1.29 is 4.79 Å². The Morgan fingerprint density at radius 3 is 3.00 bits per heavy atom. The fourth-order valence-electron chi connectivity index (χ4n) is 3.03. The first-order chi connectivity index (χ1) is 10.1. The van der Waals surface area contributed by atoms with Crippen LogP contribution in [0.5, 0.6) is 0 Å². The molecule has 3 N–H and O–H groups in total. The van der Waals surface area contributed by atoms with E-state index in [1.165, 1.54) is 12.8 Å². The Bertz CT molecular complexity index is 483. The van der Waals surface area contributed by atoms with E-state index in [-0.39, 0.29) is 0 Å². The lowest BCUT2D eigenvalue weighted by molar-refractivity contribution is 0.1000. The van der Waals surface area contributed by atoms with Crippen molar-refractivity contribution >= 4 is 11.7 Å². The predicted molar refractivity (Wildman–Crippen MR) is 85.6 cm³/mol. The van der Waals surface area contributed by atoms with Gasteiger partial charge in [-0.15, -0.1) is 0 Å². The number of amides is 1. The van der Waals surface area contributed by atoms with Gasteiger partial charge in [-0.2, -0.15) is 0 Å². The summed E-state index contributed by atoms with van der Waals surface area (Å²) in [5, 5.41) is 3.44. The van der Waals surface area contributed by atoms with Gasteiger partial charge in [0.1, 0.15) is 5.82 Å². The second-order valence-electron chi connectivity index (χ2n) is 5.85. The molecular weight excluding hydrogens is 264 g/mol. The number of primary amides is 1. The number of carbonyl (C=O) groups is 1. The van der Waals surface area contributed by atoms with Crippen LogP contribution >= 0.6 is 0 Å². The molecule has 5 nitrogen and oxygen atoms in total. The van der Waals surface area contributed by atoms with Crippen LogP contribution in [0.1, 0.15) is 42.1 Å². The number of nitrogens with zero attached hydrogens (tertiary/aromatic N) is 2. The maximum Gasteiger partial charge on any atom is 0.252 e. The van der Waals surface area contributed by atoms with E-state index in [0.29, 0.717) is 11.5 Å². The largest absolute Gasteiger partial charge is 0.365 e. The molecule has 1 aliphatic rings. The third kappa shape index (κ3) is 3.94. The Morgan fingerprint density at radius 2 is 2.38 bits per heavy atom. The molecule has 116 valence electrons. The fourth-order valence-corrected chi connectivity index (χ4v) is 3.03. The standard InChI is InChI=1S/C16H26N4O/c1-3-9-20(11-13-5-4-7-18-10-13)16-14(15(17)21)12(2)6-8-19-16/h6,8,13,18H,3-5,7,9-11H2,1-2H3,(H2,17,21). The summed E-state index contributed by atoms with van der Waals surface area (Å²) in [6.45, 7) is 8.03. The summed E-state index contributed by atoms with van der Waals surface area (Å²) in [4.78, 5) is 18.5. The quantitative estimate of drug-likeness (QED) is 0.836. The number of carbonyl (C=O) groups excluding carboxylic acids is 1. The summed E-state index contributed by atoms with van der Waals surface area (Å²) < 4.78 is 0. The molecule has 1 unspecified atom stereocenters. The van der Waals surface area contributed by atoms with Crippen LogP contribution in [0.25, 0.3) is 0 Å². The number of rotatable bonds is 6. The van der Waals surface area contributed by atoms with E-state index in [1.807, 2.05) is 13.0 Å². The van der Waals surface area contributed by atoms with E-state index in [1.54, 1.807) is 6.20 Å². The van der Waals surface area contributed by atoms with Crippen LogP contribution < -0.4 is 16.0 Å². The highest BCUT2D eigenvalue weighted by atomic mass is 16.1. The Labute approximate surface area is 126 Å². The number of pyridine rings is 1. The van der Waals surface area contributed by atoms with Gasteiger partial charge in [-0.25, -0.2) is 4.98 Å². The van der Waals surface area contributed by atoms with E-state index in [9.17, 15) is 4.79 Å². The minimum atomic E-state index is -0.390. The van der Waals surface area contributed by atoms with Crippen LogP contribution in [0.2, 0.25) is 0 Å². The molecule has 1 aromatic rings. The van der Waals surface area contributed by atoms with E-state index >= 15 is 0 Å². The molecule has 0 spiro atoms. The predicted octanol–water partition coefficient (Wildman–Crippen LogP) is 1.70. The normalized spacial score (nSPS) is 18.5. The number of anilines is 1. The van der Waals surface area contributed by atoms with Gasteiger partial charge in [0, 0.05) is 19.3 Å². The summed E-state index contributed by atoms with van der Waals surface area (Å²) in [6.07, 6.45) is 5.23. The molecule has 0 bridgehead atoms. The number of nitrogens with two attached hydrogens (primary N) is 1. The van der Waals surface area contributed by atoms with Crippen LogP contribution in [0, 0.1) is 12.8 Å². The first kappa shape index (κ1) is 15.8. The molecule has 0 saturated carbocycles. The second-order valence-corrected chi connectivity index (χ2v) is 5.85. The molecule has 1 atom stereocenters. The molecule has 1 aromatic heterocycles. The Kier molecular flexibility index (Phi) is 5.56. The lowest BCUT2D eigenvalue weighted by Gasteiger charge is -2.31. The molecule has 1 saturated heterocycles. The summed E-state index contributed by atoms with van der Waals surface area (Å²) in [6, 6.07) is 1.84. The molecule has 2 rings (SSSR count). The lowest BCUT2D eigenvalue weighted by atomic mass is 9.98. The van der Waals surface area contributed by atoms with E-state index in [4.69, 9.17) is 5.73 Å². The SMILES string of the molecule is CCCN(CC1CCCNC1)c1nccc(C)c1C(N)=O. The van der Waals surface area contributed by atoms with Gasteiger partial charge in [0.25, 0.3) is 5.91 Å². The summed E-state index contributed by atoms with van der Waals surface area (Å²) >= 11 is 0. The van der Waals surface area contributed by atoms with Gasteiger partial charge in [-0.05, 0) is 56.8 Å². The molecule has 1 amide bonds. The number of aromatic nitrogens is 1. The van der Waals surface area contributed by atoms with Crippen LogP contribution in [-0.4, -0.2) is 37.1 Å². The second kappa shape index (κ2) is 7.41. The highest BCUT2D eigenvalue weighted by Crippen LogP contribution is 2.23. The smallest absolute Gasteiger partial charge is 0.252 e. The maximum absolute atomic E-state index is 11.8. The number of aryl methyl sites for hydroxylation is 1. The van der Waals surface area contributed by atoms with Crippen molar-refractivity contribution in [3.8, 4) is 0 Å². The number of hydrogen-bond acceptors (Lipinski definition) is 4. The maximum atomic E-state index is 11.8. The molecule has 2 heterocycles. The number of piperidine rings is 1. The molecule has 21 heavy (non-hydrogen) atoms. The van der Waals surface area contributed by atoms with Crippen molar-refractivity contribution in [2.75, 3.05) is 31.1 Å². The first-order valence-corrected chi connectivity index (χ1v) is 7.84. The average Bonchev–Trinajstić information content (AvgIpc) is 2.47. The van der Waals surface area contributed by atoms with Crippen LogP contribution in [0.4, 0.5) is 5.82 Å². The topological polar surface area (TPSA) is 71.2 Å². The highest BCUT2D eigenvalue weighted by molar-refractivity contribution is 5.99. The number of hydrogen-bond donors (Lipinski definition) is 2. The molecule has 1 aliphatic heterocycles. The van der Waals surface area contributed by atoms with E-state index in [2.05, 4.69) is 22.1 Å². The van der Waals surface area contributed by atoms with Crippen LogP contribution in [-0.2, 0) is 0 Å². The summed E-state index contributed by atoms with van der Waals surface area (Å²) in [5.74, 6) is 0.960. The minimum absolute atomic E-state index is 0.390. The number of nitrogens with one attached hydrogen (secondary N) is 1. The summed E-state index contributed by atoms with van der Waals surface area (Å²) in [5.41, 5.74) is 7.03. The van der Waals surface area contributed by atoms with Crippen LogP contribution in [0.3, 0.4) is 0 Å². The zero-order chi connectivity index (χ0) is 15.2. The van der Waals surface area contributed by atoms with Gasteiger partial charge in [0.15, 0.2) is 0 Å². The van der Waals surface area contributed by atoms with Gasteiger partial charge in [0.05, 0.1) is 5.56 Å². The Balaban J connectivity index is 2.24. The first-order valence-electron chi connectivity index (χ1n) is 7.84. The van der Waals surface area contributed by atoms with Crippen molar-refractivity contribution in [2.45, 2.75) is 33.1 Å². The molecule has 5 heteroatoms. The third-order valence-electron chi connectivity index (χ3n) is 4.06. The van der Waals surface area contributed by atoms with Crippen molar-refractivity contribution in [1.82, 2.24) is 10.3 Å². The molecule has 0 radical (unpaired) electrons. The van der Waals surface area contributed by atoms with Crippen LogP contribution in [0.15, 0.2) is 12.3 Å². The van der Waals surface area contributed by atoms with E-state index < -0.39 is 5.91 Å². The lowest BCUT2D eigenvalue weighted by Crippen LogP contribution is -2.40. The molecular formula is C16H26N4O. The third-order valence-corrected chi connectivity index (χ3v) is 4.06. The minimum Gasteiger partial charge on any atom is -0.365 e. The van der Waals surface area contributed by atoms with E-state index in [0.717, 1.165) is 44.0 Å².